The van der Waals surface area contributed by atoms with Gasteiger partial charge in [-0.05, 0) is 27.2 Å². The van der Waals surface area contributed by atoms with Gasteiger partial charge in [-0.15, -0.1) is 0 Å². The van der Waals surface area contributed by atoms with Crippen LogP contribution in [-0.2, 0) is 9.47 Å². The highest BCUT2D eigenvalue weighted by Crippen LogP contribution is 2.29. The van der Waals surface area contributed by atoms with E-state index in [2.05, 4.69) is 0 Å². The molecule has 0 unspecified atom stereocenters. The van der Waals surface area contributed by atoms with Crippen LogP contribution in [0.25, 0.3) is 0 Å². The largest absolute Gasteiger partial charge is 0.385 e. The van der Waals surface area contributed by atoms with Crippen molar-refractivity contribution in [2.24, 2.45) is 0 Å². The van der Waals surface area contributed by atoms with Crippen molar-refractivity contribution in [3.05, 3.63) is 0 Å². The van der Waals surface area contributed by atoms with Crippen LogP contribution in [0.3, 0.4) is 0 Å². The van der Waals surface area contributed by atoms with Crippen LogP contribution in [0.2, 0.25) is 0 Å². The van der Waals surface area contributed by atoms with Crippen molar-refractivity contribution in [2.45, 2.75) is 38.6 Å². The van der Waals surface area contributed by atoms with Crippen molar-refractivity contribution in [1.82, 2.24) is 0 Å². The van der Waals surface area contributed by atoms with E-state index in [1.54, 1.807) is 20.8 Å². The lowest BCUT2D eigenvalue weighted by atomic mass is 9.98. The van der Waals surface area contributed by atoms with E-state index in [0.717, 1.165) is 6.42 Å². The maximum atomic E-state index is 9.65. The van der Waals surface area contributed by atoms with Crippen molar-refractivity contribution < 1.29 is 14.6 Å². The molecule has 0 aromatic rings. The zero-order chi connectivity index (χ0) is 8.54. The van der Waals surface area contributed by atoms with Crippen molar-refractivity contribution in [1.29, 1.82) is 0 Å². The summed E-state index contributed by atoms with van der Waals surface area (Å²) in [6, 6.07) is 0. The molecular formula is C8H16O3. The van der Waals surface area contributed by atoms with Crippen LogP contribution in [0, 0.1) is 0 Å². The van der Waals surface area contributed by atoms with Gasteiger partial charge in [0.25, 0.3) is 0 Å². The summed E-state index contributed by atoms with van der Waals surface area (Å²) in [5.41, 5.74) is -0.937. The first kappa shape index (κ1) is 8.97. The summed E-state index contributed by atoms with van der Waals surface area (Å²) in [5.74, 6) is -0.828. The quantitative estimate of drug-likeness (QED) is 0.619. The van der Waals surface area contributed by atoms with Crippen LogP contribution < -0.4 is 0 Å². The SMILES string of the molecule is CC(C)(O)C1(C)OCCCO1. The van der Waals surface area contributed by atoms with E-state index in [9.17, 15) is 5.11 Å². The van der Waals surface area contributed by atoms with Gasteiger partial charge in [0, 0.05) is 0 Å². The van der Waals surface area contributed by atoms with Crippen LogP contribution in [-0.4, -0.2) is 29.7 Å². The maximum absolute atomic E-state index is 9.65. The lowest BCUT2D eigenvalue weighted by molar-refractivity contribution is -0.323. The Morgan fingerprint density at radius 1 is 1.27 bits per heavy atom. The molecule has 1 rings (SSSR count). The van der Waals surface area contributed by atoms with Gasteiger partial charge in [0.1, 0.15) is 5.60 Å². The second-order valence-electron chi connectivity index (χ2n) is 3.56. The molecule has 1 fully saturated rings. The Kier molecular flexibility index (Phi) is 2.23. The number of ether oxygens (including phenoxy) is 2. The van der Waals surface area contributed by atoms with E-state index in [1.165, 1.54) is 0 Å². The van der Waals surface area contributed by atoms with Gasteiger partial charge in [0.05, 0.1) is 13.2 Å². The van der Waals surface area contributed by atoms with Crippen molar-refractivity contribution in [2.75, 3.05) is 13.2 Å². The molecule has 1 saturated heterocycles. The van der Waals surface area contributed by atoms with E-state index in [4.69, 9.17) is 9.47 Å². The Bertz CT molecular complexity index is 131. The normalized spacial score (nSPS) is 25.1. The third kappa shape index (κ3) is 1.72. The molecule has 0 atom stereocenters. The van der Waals surface area contributed by atoms with Gasteiger partial charge in [-0.3, -0.25) is 0 Å². The molecule has 0 radical (unpaired) electrons. The van der Waals surface area contributed by atoms with Crippen molar-refractivity contribution >= 4 is 0 Å². The first-order valence-electron chi connectivity index (χ1n) is 3.96. The van der Waals surface area contributed by atoms with Crippen molar-refractivity contribution in [3.8, 4) is 0 Å². The highest BCUT2D eigenvalue weighted by atomic mass is 16.7. The van der Waals surface area contributed by atoms with E-state index < -0.39 is 11.4 Å². The highest BCUT2D eigenvalue weighted by molar-refractivity contribution is 4.84. The molecule has 1 aliphatic rings. The molecule has 3 nitrogen and oxygen atoms in total. The fourth-order valence-corrected chi connectivity index (χ4v) is 0.988. The van der Waals surface area contributed by atoms with Crippen LogP contribution in [0.15, 0.2) is 0 Å². The summed E-state index contributed by atoms with van der Waals surface area (Å²) in [6.45, 7) is 6.49. The number of aliphatic hydroxyl groups is 1. The summed E-state index contributed by atoms with van der Waals surface area (Å²) in [7, 11) is 0. The average Bonchev–Trinajstić information content (AvgIpc) is 1.87. The Hall–Kier alpha value is -0.120. The van der Waals surface area contributed by atoms with Gasteiger partial charge < -0.3 is 14.6 Å². The predicted molar refractivity (Wildman–Crippen MR) is 41.2 cm³/mol. The summed E-state index contributed by atoms with van der Waals surface area (Å²) in [5, 5.41) is 9.65. The van der Waals surface area contributed by atoms with Gasteiger partial charge in [-0.25, -0.2) is 0 Å². The minimum absolute atomic E-state index is 0.667. The molecule has 0 amide bonds. The summed E-state index contributed by atoms with van der Waals surface area (Å²) < 4.78 is 10.7. The standard InChI is InChI=1S/C8H16O3/c1-7(2,9)8(3)10-5-4-6-11-8/h9H,4-6H2,1-3H3. The molecular weight excluding hydrogens is 144 g/mol. The molecule has 0 bridgehead atoms. The summed E-state index contributed by atoms with van der Waals surface area (Å²) >= 11 is 0. The maximum Gasteiger partial charge on any atom is 0.193 e. The Morgan fingerprint density at radius 2 is 1.73 bits per heavy atom. The van der Waals surface area contributed by atoms with E-state index in [-0.39, 0.29) is 0 Å². The zero-order valence-electron chi connectivity index (χ0n) is 7.39. The van der Waals surface area contributed by atoms with Crippen LogP contribution in [0.5, 0.6) is 0 Å². The van der Waals surface area contributed by atoms with Gasteiger partial charge in [0.15, 0.2) is 5.79 Å². The molecule has 0 spiro atoms. The molecule has 3 heteroatoms. The minimum atomic E-state index is -0.937. The van der Waals surface area contributed by atoms with Crippen molar-refractivity contribution in [3.63, 3.8) is 0 Å². The topological polar surface area (TPSA) is 38.7 Å². The first-order chi connectivity index (χ1) is 4.96. The monoisotopic (exact) mass is 160 g/mol. The Balaban J connectivity index is 2.64. The summed E-state index contributed by atoms with van der Waals surface area (Å²) in [6.07, 6.45) is 0.908. The molecule has 1 aliphatic heterocycles. The highest BCUT2D eigenvalue weighted by Gasteiger charge is 2.43. The number of hydrogen-bond donors (Lipinski definition) is 1. The second-order valence-corrected chi connectivity index (χ2v) is 3.56. The van der Waals surface area contributed by atoms with Gasteiger partial charge >= 0.3 is 0 Å². The Morgan fingerprint density at radius 3 is 2.00 bits per heavy atom. The molecule has 1 heterocycles. The molecule has 0 aromatic heterocycles. The first-order valence-corrected chi connectivity index (χ1v) is 3.96. The van der Waals surface area contributed by atoms with E-state index >= 15 is 0 Å². The fraction of sp³-hybridized carbons (Fsp3) is 1.00. The Labute approximate surface area is 67.3 Å². The third-order valence-corrected chi connectivity index (χ3v) is 2.16. The van der Waals surface area contributed by atoms with Crippen LogP contribution >= 0.6 is 0 Å². The molecule has 0 saturated carbocycles. The molecule has 66 valence electrons. The molecule has 1 N–H and O–H groups in total. The van der Waals surface area contributed by atoms with E-state index in [0.29, 0.717) is 13.2 Å². The molecule has 11 heavy (non-hydrogen) atoms. The van der Waals surface area contributed by atoms with Gasteiger partial charge in [-0.2, -0.15) is 0 Å². The lowest BCUT2D eigenvalue weighted by Gasteiger charge is -2.42. The van der Waals surface area contributed by atoms with Gasteiger partial charge in [0.2, 0.25) is 0 Å². The average molecular weight is 160 g/mol. The molecule has 0 aliphatic carbocycles. The number of hydrogen-bond acceptors (Lipinski definition) is 3. The van der Waals surface area contributed by atoms with Crippen LogP contribution in [0.4, 0.5) is 0 Å². The van der Waals surface area contributed by atoms with Crippen LogP contribution in [0.1, 0.15) is 27.2 Å². The predicted octanol–water partition coefficient (Wildman–Crippen LogP) is 0.910. The summed E-state index contributed by atoms with van der Waals surface area (Å²) in [4.78, 5) is 0. The third-order valence-electron chi connectivity index (χ3n) is 2.16. The number of rotatable bonds is 1. The van der Waals surface area contributed by atoms with Gasteiger partial charge in [-0.1, -0.05) is 0 Å². The van der Waals surface area contributed by atoms with E-state index in [1.807, 2.05) is 0 Å². The second kappa shape index (κ2) is 2.73. The smallest absolute Gasteiger partial charge is 0.193 e. The molecule has 0 aromatic carbocycles. The lowest BCUT2D eigenvalue weighted by Crippen LogP contribution is -2.54. The zero-order valence-corrected chi connectivity index (χ0v) is 7.39. The minimum Gasteiger partial charge on any atom is -0.385 e. The fourth-order valence-electron chi connectivity index (χ4n) is 0.988.